The fourth-order valence-corrected chi connectivity index (χ4v) is 1.72. The van der Waals surface area contributed by atoms with Gasteiger partial charge in [0.2, 0.25) is 5.91 Å². The third kappa shape index (κ3) is 3.10. The van der Waals surface area contributed by atoms with E-state index in [0.717, 1.165) is 0 Å². The number of nitrogens with zero attached hydrogens (tertiary/aromatic N) is 3. The van der Waals surface area contributed by atoms with E-state index in [0.29, 0.717) is 22.8 Å². The van der Waals surface area contributed by atoms with E-state index in [4.69, 9.17) is 17.3 Å². The number of nitrogens with two attached hydrogens (primary N) is 1. The van der Waals surface area contributed by atoms with Crippen LogP contribution in [0.3, 0.4) is 0 Å². The van der Waals surface area contributed by atoms with E-state index < -0.39 is 6.04 Å². The molecule has 2 aromatic rings. The SMILES string of the molecule is CC[C@H](N)C(=O)Nc1cc(Cl)ccc1-n1cncn1. The first kappa shape index (κ1) is 13.5. The van der Waals surface area contributed by atoms with Crippen LogP contribution in [0.4, 0.5) is 5.69 Å². The van der Waals surface area contributed by atoms with Crippen molar-refractivity contribution in [2.75, 3.05) is 5.32 Å². The quantitative estimate of drug-likeness (QED) is 0.890. The Morgan fingerprint density at radius 3 is 3.00 bits per heavy atom. The molecule has 0 aliphatic heterocycles. The second-order valence-electron chi connectivity index (χ2n) is 4.01. The van der Waals surface area contributed by atoms with Crippen molar-refractivity contribution in [3.63, 3.8) is 0 Å². The number of anilines is 1. The van der Waals surface area contributed by atoms with Crippen molar-refractivity contribution in [3.05, 3.63) is 35.9 Å². The molecule has 0 bridgehead atoms. The lowest BCUT2D eigenvalue weighted by atomic mass is 10.2. The number of rotatable bonds is 4. The van der Waals surface area contributed by atoms with Crippen LogP contribution in [-0.4, -0.2) is 26.7 Å². The first-order valence-electron chi connectivity index (χ1n) is 5.82. The van der Waals surface area contributed by atoms with Crippen LogP contribution in [-0.2, 0) is 4.79 Å². The zero-order valence-corrected chi connectivity index (χ0v) is 11.1. The normalized spacial score (nSPS) is 12.2. The topological polar surface area (TPSA) is 85.8 Å². The molecule has 7 heteroatoms. The van der Waals surface area contributed by atoms with E-state index in [9.17, 15) is 4.79 Å². The predicted molar refractivity (Wildman–Crippen MR) is 73.3 cm³/mol. The molecule has 0 unspecified atom stereocenters. The number of hydrogen-bond donors (Lipinski definition) is 2. The minimum Gasteiger partial charge on any atom is -0.323 e. The highest BCUT2D eigenvalue weighted by atomic mass is 35.5. The molecule has 3 N–H and O–H groups in total. The van der Waals surface area contributed by atoms with Gasteiger partial charge in [-0.2, -0.15) is 5.10 Å². The first-order valence-corrected chi connectivity index (χ1v) is 6.20. The number of carbonyl (C=O) groups excluding carboxylic acids is 1. The number of hydrogen-bond acceptors (Lipinski definition) is 4. The number of benzene rings is 1. The van der Waals surface area contributed by atoms with Crippen molar-refractivity contribution in [3.8, 4) is 5.69 Å². The van der Waals surface area contributed by atoms with Crippen LogP contribution < -0.4 is 11.1 Å². The predicted octanol–water partition coefficient (Wildman–Crippen LogP) is 1.60. The molecule has 0 saturated heterocycles. The van der Waals surface area contributed by atoms with E-state index in [1.807, 2.05) is 6.92 Å². The molecule has 6 nitrogen and oxygen atoms in total. The summed E-state index contributed by atoms with van der Waals surface area (Å²) in [6, 6.07) is 4.57. The molecule has 1 aromatic carbocycles. The Bertz CT molecular complexity index is 570. The molecular weight excluding hydrogens is 266 g/mol. The van der Waals surface area contributed by atoms with Gasteiger partial charge in [-0.1, -0.05) is 18.5 Å². The van der Waals surface area contributed by atoms with Crippen molar-refractivity contribution in [1.82, 2.24) is 14.8 Å². The van der Waals surface area contributed by atoms with Gasteiger partial charge in [-0.15, -0.1) is 0 Å². The van der Waals surface area contributed by atoms with Crippen LogP contribution in [0.15, 0.2) is 30.9 Å². The molecule has 0 saturated carbocycles. The fourth-order valence-electron chi connectivity index (χ4n) is 1.55. The molecule has 1 amide bonds. The van der Waals surface area contributed by atoms with Gasteiger partial charge in [0.15, 0.2) is 0 Å². The van der Waals surface area contributed by atoms with Crippen LogP contribution in [0.5, 0.6) is 0 Å². The molecule has 1 aromatic heterocycles. The summed E-state index contributed by atoms with van der Waals surface area (Å²) in [6.07, 6.45) is 3.52. The van der Waals surface area contributed by atoms with Gasteiger partial charge in [-0.3, -0.25) is 4.79 Å². The number of amides is 1. The Hall–Kier alpha value is -1.92. The van der Waals surface area contributed by atoms with Gasteiger partial charge in [0.25, 0.3) is 0 Å². The summed E-state index contributed by atoms with van der Waals surface area (Å²) in [5, 5.41) is 7.30. The van der Waals surface area contributed by atoms with Crippen LogP contribution in [0.2, 0.25) is 5.02 Å². The molecule has 100 valence electrons. The van der Waals surface area contributed by atoms with Crippen molar-refractivity contribution in [2.24, 2.45) is 5.73 Å². The number of aromatic nitrogens is 3. The summed E-state index contributed by atoms with van der Waals surface area (Å²) in [4.78, 5) is 15.7. The number of halogens is 1. The maximum Gasteiger partial charge on any atom is 0.241 e. The fraction of sp³-hybridized carbons (Fsp3) is 0.250. The van der Waals surface area contributed by atoms with Gasteiger partial charge in [-0.05, 0) is 24.6 Å². The second kappa shape index (κ2) is 5.81. The van der Waals surface area contributed by atoms with Crippen LogP contribution in [0, 0.1) is 0 Å². The Morgan fingerprint density at radius 1 is 1.58 bits per heavy atom. The van der Waals surface area contributed by atoms with Gasteiger partial charge in [0, 0.05) is 5.02 Å². The van der Waals surface area contributed by atoms with Crippen LogP contribution in [0.1, 0.15) is 13.3 Å². The average Bonchev–Trinajstić information content (AvgIpc) is 2.91. The summed E-state index contributed by atoms with van der Waals surface area (Å²) < 4.78 is 1.55. The van der Waals surface area contributed by atoms with Crippen molar-refractivity contribution < 1.29 is 4.79 Å². The van der Waals surface area contributed by atoms with E-state index >= 15 is 0 Å². The lowest BCUT2D eigenvalue weighted by molar-refractivity contribution is -0.117. The zero-order valence-electron chi connectivity index (χ0n) is 10.4. The summed E-state index contributed by atoms with van der Waals surface area (Å²) >= 11 is 5.95. The summed E-state index contributed by atoms with van der Waals surface area (Å²) in [5.41, 5.74) is 6.92. The number of nitrogens with one attached hydrogen (secondary N) is 1. The van der Waals surface area contributed by atoms with Crippen molar-refractivity contribution in [2.45, 2.75) is 19.4 Å². The van der Waals surface area contributed by atoms with E-state index in [2.05, 4.69) is 15.4 Å². The Balaban J connectivity index is 2.33. The molecule has 0 spiro atoms. The van der Waals surface area contributed by atoms with Gasteiger partial charge in [0.05, 0.1) is 17.4 Å². The molecule has 19 heavy (non-hydrogen) atoms. The minimum absolute atomic E-state index is 0.258. The van der Waals surface area contributed by atoms with Crippen molar-refractivity contribution >= 4 is 23.2 Å². The van der Waals surface area contributed by atoms with Gasteiger partial charge < -0.3 is 11.1 Å². The number of carbonyl (C=O) groups is 1. The Labute approximate surface area is 115 Å². The Kier molecular flexibility index (Phi) is 4.13. The summed E-state index contributed by atoms with van der Waals surface area (Å²) in [6.45, 7) is 1.85. The third-order valence-corrected chi connectivity index (χ3v) is 2.89. The van der Waals surface area contributed by atoms with Gasteiger partial charge >= 0.3 is 0 Å². The molecule has 0 aliphatic carbocycles. The second-order valence-corrected chi connectivity index (χ2v) is 4.44. The first-order chi connectivity index (χ1) is 9.11. The molecule has 1 heterocycles. The largest absolute Gasteiger partial charge is 0.323 e. The summed E-state index contributed by atoms with van der Waals surface area (Å²) in [7, 11) is 0. The van der Waals surface area contributed by atoms with E-state index in [1.165, 1.54) is 6.33 Å². The highest BCUT2D eigenvalue weighted by Crippen LogP contribution is 2.24. The lowest BCUT2D eigenvalue weighted by Crippen LogP contribution is -2.35. The van der Waals surface area contributed by atoms with E-state index in [-0.39, 0.29) is 5.91 Å². The Morgan fingerprint density at radius 2 is 2.37 bits per heavy atom. The maximum atomic E-state index is 11.9. The maximum absolute atomic E-state index is 11.9. The summed E-state index contributed by atoms with van der Waals surface area (Å²) in [5.74, 6) is -0.258. The van der Waals surface area contributed by atoms with Crippen LogP contribution in [0.25, 0.3) is 5.69 Å². The molecule has 1 atom stereocenters. The smallest absolute Gasteiger partial charge is 0.241 e. The van der Waals surface area contributed by atoms with Crippen molar-refractivity contribution in [1.29, 1.82) is 0 Å². The molecule has 0 radical (unpaired) electrons. The van der Waals surface area contributed by atoms with E-state index in [1.54, 1.807) is 29.2 Å². The highest BCUT2D eigenvalue weighted by molar-refractivity contribution is 6.31. The van der Waals surface area contributed by atoms with Gasteiger partial charge in [0.1, 0.15) is 12.7 Å². The molecular formula is C12H14ClN5O. The lowest BCUT2D eigenvalue weighted by Gasteiger charge is -2.14. The van der Waals surface area contributed by atoms with Gasteiger partial charge in [-0.25, -0.2) is 9.67 Å². The zero-order chi connectivity index (χ0) is 13.8. The standard InChI is InChI=1S/C12H14ClN5O/c1-2-9(14)12(19)17-10-5-8(13)3-4-11(10)18-7-15-6-16-18/h3-7,9H,2,14H2,1H3,(H,17,19)/t9-/m0/s1. The molecule has 0 aliphatic rings. The average molecular weight is 280 g/mol. The molecule has 2 rings (SSSR count). The monoisotopic (exact) mass is 279 g/mol. The van der Waals surface area contributed by atoms with Crippen LogP contribution >= 0.6 is 11.6 Å². The molecule has 0 fully saturated rings. The third-order valence-electron chi connectivity index (χ3n) is 2.66. The minimum atomic E-state index is -0.553. The highest BCUT2D eigenvalue weighted by Gasteiger charge is 2.14.